The van der Waals surface area contributed by atoms with E-state index < -0.39 is 12.4 Å². The first-order valence-corrected chi connectivity index (χ1v) is 12.9. The highest BCUT2D eigenvalue weighted by atomic mass is 32.2. The number of carbonyl (C=O) groups excluding carboxylic acids is 1. The van der Waals surface area contributed by atoms with E-state index >= 15 is 0 Å². The molecule has 0 saturated carbocycles. The summed E-state index contributed by atoms with van der Waals surface area (Å²) in [5.41, 5.74) is 3.33. The Hall–Kier alpha value is -2.76. The van der Waals surface area contributed by atoms with E-state index in [1.807, 2.05) is 43.3 Å². The number of aliphatic hydroxyl groups excluding tert-OH is 1. The van der Waals surface area contributed by atoms with Gasteiger partial charge in [-0.3, -0.25) is 5.32 Å². The molecule has 1 amide bonds. The number of nitrogens with zero attached hydrogens (tertiary/aromatic N) is 2. The SMILES string of the molecule is C=CCOC(=O)Nc1ccc(C2OC(CSc3nnc(C)s3)CC(c3ccc(CO)cc3)O2)cc1. The molecule has 35 heavy (non-hydrogen) atoms. The molecule has 2 N–H and O–H groups in total. The van der Waals surface area contributed by atoms with E-state index in [1.54, 1.807) is 35.2 Å². The fraction of sp³-hybridized carbons (Fsp3) is 0.320. The average Bonchev–Trinajstić information content (AvgIpc) is 3.31. The number of aryl methyl sites for hydroxylation is 1. The summed E-state index contributed by atoms with van der Waals surface area (Å²) in [5, 5.41) is 21.3. The second-order valence-electron chi connectivity index (χ2n) is 7.88. The summed E-state index contributed by atoms with van der Waals surface area (Å²) < 4.78 is 18.5. The van der Waals surface area contributed by atoms with E-state index in [0.29, 0.717) is 17.9 Å². The van der Waals surface area contributed by atoms with E-state index in [2.05, 4.69) is 22.1 Å². The molecule has 4 rings (SSSR count). The van der Waals surface area contributed by atoms with Crippen LogP contribution < -0.4 is 5.32 Å². The van der Waals surface area contributed by atoms with Crippen molar-refractivity contribution in [2.75, 3.05) is 17.7 Å². The topological polar surface area (TPSA) is 103 Å². The van der Waals surface area contributed by atoms with Gasteiger partial charge >= 0.3 is 6.09 Å². The Labute approximate surface area is 212 Å². The number of amides is 1. The van der Waals surface area contributed by atoms with E-state index in [9.17, 15) is 9.90 Å². The summed E-state index contributed by atoms with van der Waals surface area (Å²) in [6.07, 6.45) is 0.837. The Bertz CT molecular complexity index is 1120. The number of rotatable bonds is 9. The minimum absolute atomic E-state index is 0.000409. The van der Waals surface area contributed by atoms with E-state index in [-0.39, 0.29) is 25.4 Å². The zero-order valence-electron chi connectivity index (χ0n) is 19.3. The minimum atomic E-state index is -0.574. The molecule has 0 spiro atoms. The van der Waals surface area contributed by atoms with Crippen LogP contribution in [0.15, 0.2) is 65.5 Å². The number of hydrogen-bond acceptors (Lipinski definition) is 9. The molecule has 1 aliphatic rings. The van der Waals surface area contributed by atoms with Gasteiger partial charge in [0.05, 0.1) is 18.8 Å². The maximum Gasteiger partial charge on any atom is 0.411 e. The Kier molecular flexibility index (Phi) is 8.89. The quantitative estimate of drug-likeness (QED) is 0.289. The van der Waals surface area contributed by atoms with Gasteiger partial charge in [0, 0.05) is 23.4 Å². The van der Waals surface area contributed by atoms with Gasteiger partial charge in [-0.15, -0.1) is 10.2 Å². The lowest BCUT2D eigenvalue weighted by atomic mass is 10.0. The molecule has 0 bridgehead atoms. The van der Waals surface area contributed by atoms with Gasteiger partial charge < -0.3 is 19.3 Å². The lowest BCUT2D eigenvalue weighted by Gasteiger charge is -2.36. The maximum atomic E-state index is 11.8. The predicted molar refractivity (Wildman–Crippen MR) is 135 cm³/mol. The fourth-order valence-electron chi connectivity index (χ4n) is 3.54. The number of aliphatic hydroxyl groups is 1. The van der Waals surface area contributed by atoms with Crippen molar-refractivity contribution in [3.63, 3.8) is 0 Å². The van der Waals surface area contributed by atoms with Gasteiger partial charge in [-0.25, -0.2) is 4.79 Å². The van der Waals surface area contributed by atoms with Crippen LogP contribution in [-0.2, 0) is 20.8 Å². The number of ether oxygens (including phenoxy) is 3. The van der Waals surface area contributed by atoms with Gasteiger partial charge in [0.1, 0.15) is 11.6 Å². The standard InChI is InChI=1S/C25H27N3O5S2/c1-3-12-31-24(30)26-20-10-8-19(9-11-20)23-32-21(15-34-25-28-27-16(2)35-25)13-22(33-23)18-6-4-17(14-29)5-7-18/h3-11,21-23,29H,1,12-15H2,2H3,(H,26,30). The van der Waals surface area contributed by atoms with E-state index in [1.165, 1.54) is 6.08 Å². The summed E-state index contributed by atoms with van der Waals surface area (Å²) in [7, 11) is 0. The van der Waals surface area contributed by atoms with Crippen molar-refractivity contribution in [3.05, 3.63) is 82.9 Å². The molecule has 8 nitrogen and oxygen atoms in total. The minimum Gasteiger partial charge on any atom is -0.445 e. The second kappa shape index (κ2) is 12.3. The zero-order valence-corrected chi connectivity index (χ0v) is 20.9. The molecule has 10 heteroatoms. The molecule has 3 atom stereocenters. The molecule has 1 fully saturated rings. The van der Waals surface area contributed by atoms with Gasteiger partial charge in [0.25, 0.3) is 0 Å². The Morgan fingerprint density at radius 3 is 2.60 bits per heavy atom. The molecule has 0 aliphatic carbocycles. The fourth-order valence-corrected chi connectivity index (χ4v) is 5.40. The van der Waals surface area contributed by atoms with Crippen LogP contribution in [0.5, 0.6) is 0 Å². The highest BCUT2D eigenvalue weighted by molar-refractivity contribution is 8.01. The maximum absolute atomic E-state index is 11.8. The number of hydrogen-bond donors (Lipinski definition) is 2. The summed E-state index contributed by atoms with van der Waals surface area (Å²) in [4.78, 5) is 11.8. The monoisotopic (exact) mass is 513 g/mol. The lowest BCUT2D eigenvalue weighted by molar-refractivity contribution is -0.245. The molecule has 184 valence electrons. The Balaban J connectivity index is 1.47. The van der Waals surface area contributed by atoms with Crippen molar-refractivity contribution in [1.29, 1.82) is 0 Å². The third-order valence-corrected chi connectivity index (χ3v) is 7.38. The molecule has 1 aliphatic heterocycles. The van der Waals surface area contributed by atoms with Gasteiger partial charge in [-0.1, -0.05) is 72.2 Å². The molecule has 3 aromatic rings. The first-order valence-electron chi connectivity index (χ1n) is 11.1. The van der Waals surface area contributed by atoms with Crippen LogP contribution in [-0.4, -0.2) is 39.9 Å². The highest BCUT2D eigenvalue weighted by Gasteiger charge is 2.32. The van der Waals surface area contributed by atoms with Crippen molar-refractivity contribution < 1.29 is 24.1 Å². The molecular formula is C25H27N3O5S2. The van der Waals surface area contributed by atoms with Gasteiger partial charge in [0.15, 0.2) is 10.6 Å². The average molecular weight is 514 g/mol. The third kappa shape index (κ3) is 7.12. The molecular weight excluding hydrogens is 486 g/mol. The largest absolute Gasteiger partial charge is 0.445 e. The zero-order chi connectivity index (χ0) is 24.6. The van der Waals surface area contributed by atoms with Gasteiger partial charge in [0.2, 0.25) is 0 Å². The van der Waals surface area contributed by atoms with Crippen LogP contribution in [0.3, 0.4) is 0 Å². The van der Waals surface area contributed by atoms with E-state index in [0.717, 1.165) is 26.0 Å². The number of benzene rings is 2. The Morgan fingerprint density at radius 2 is 1.94 bits per heavy atom. The van der Waals surface area contributed by atoms with Crippen LogP contribution in [0.1, 0.15) is 40.5 Å². The number of thioether (sulfide) groups is 1. The van der Waals surface area contributed by atoms with Gasteiger partial charge in [-0.2, -0.15) is 0 Å². The van der Waals surface area contributed by atoms with Crippen LogP contribution in [0.4, 0.5) is 10.5 Å². The normalized spacial score (nSPS) is 19.8. The van der Waals surface area contributed by atoms with Crippen LogP contribution in [0.2, 0.25) is 0 Å². The molecule has 0 radical (unpaired) electrons. The predicted octanol–water partition coefficient (Wildman–Crippen LogP) is 5.41. The highest BCUT2D eigenvalue weighted by Crippen LogP contribution is 2.39. The lowest BCUT2D eigenvalue weighted by Crippen LogP contribution is -2.31. The molecule has 1 saturated heterocycles. The Morgan fingerprint density at radius 1 is 1.20 bits per heavy atom. The van der Waals surface area contributed by atoms with Crippen molar-refractivity contribution in [2.45, 2.75) is 42.8 Å². The molecule has 2 heterocycles. The van der Waals surface area contributed by atoms with Gasteiger partial charge in [-0.05, 0) is 30.2 Å². The van der Waals surface area contributed by atoms with Crippen LogP contribution >= 0.6 is 23.1 Å². The third-order valence-electron chi connectivity index (χ3n) is 5.28. The van der Waals surface area contributed by atoms with Crippen molar-refractivity contribution >= 4 is 34.9 Å². The first-order chi connectivity index (χ1) is 17.0. The summed E-state index contributed by atoms with van der Waals surface area (Å²) in [6, 6.07) is 15.1. The molecule has 3 unspecified atom stereocenters. The number of nitrogens with one attached hydrogen (secondary N) is 1. The van der Waals surface area contributed by atoms with Crippen LogP contribution in [0, 0.1) is 6.92 Å². The molecule has 2 aromatic carbocycles. The summed E-state index contributed by atoms with van der Waals surface area (Å²) >= 11 is 3.19. The number of aromatic nitrogens is 2. The van der Waals surface area contributed by atoms with Crippen LogP contribution in [0.25, 0.3) is 0 Å². The van der Waals surface area contributed by atoms with Crippen molar-refractivity contribution in [3.8, 4) is 0 Å². The number of carbonyl (C=O) groups is 1. The van der Waals surface area contributed by atoms with Crippen molar-refractivity contribution in [1.82, 2.24) is 10.2 Å². The molecule has 1 aromatic heterocycles. The van der Waals surface area contributed by atoms with Crippen molar-refractivity contribution in [2.24, 2.45) is 0 Å². The first kappa shape index (κ1) is 25.3. The smallest absolute Gasteiger partial charge is 0.411 e. The summed E-state index contributed by atoms with van der Waals surface area (Å²) in [5.74, 6) is 0.717. The van der Waals surface area contributed by atoms with E-state index in [4.69, 9.17) is 14.2 Å². The second-order valence-corrected chi connectivity index (χ2v) is 10.3. The number of anilines is 1. The summed E-state index contributed by atoms with van der Waals surface area (Å²) in [6.45, 7) is 5.61.